The maximum absolute atomic E-state index is 5.29. The smallest absolute Gasteiger partial charge is 0.191 e. The zero-order valence-electron chi connectivity index (χ0n) is 14.8. The van der Waals surface area contributed by atoms with Gasteiger partial charge in [0.1, 0.15) is 0 Å². The van der Waals surface area contributed by atoms with Crippen LogP contribution in [0.1, 0.15) is 25.8 Å². The van der Waals surface area contributed by atoms with Gasteiger partial charge in [0.2, 0.25) is 0 Å². The second kappa shape index (κ2) is 10.6. The van der Waals surface area contributed by atoms with Gasteiger partial charge in [-0.15, -0.1) is 24.0 Å². The lowest BCUT2D eigenvalue weighted by atomic mass is 9.89. The van der Waals surface area contributed by atoms with Crippen molar-refractivity contribution in [2.24, 2.45) is 16.3 Å². The van der Waals surface area contributed by atoms with Gasteiger partial charge in [0.05, 0.1) is 13.2 Å². The minimum Gasteiger partial charge on any atom is -0.380 e. The number of rotatable bonds is 7. The average molecular weight is 510 g/mol. The second-order valence-electron chi connectivity index (χ2n) is 6.72. The van der Waals surface area contributed by atoms with E-state index in [0.29, 0.717) is 5.92 Å². The first-order valence-electron chi connectivity index (χ1n) is 8.31. The topological polar surface area (TPSA) is 45.7 Å². The maximum Gasteiger partial charge on any atom is 0.191 e. The van der Waals surface area contributed by atoms with Crippen molar-refractivity contribution in [2.45, 2.75) is 26.7 Å². The molecule has 1 aromatic carbocycles. The number of hydrogen-bond acceptors (Lipinski definition) is 2. The molecule has 0 spiro atoms. The number of nitrogens with one attached hydrogen (secondary N) is 2. The number of benzene rings is 1. The summed E-state index contributed by atoms with van der Waals surface area (Å²) in [6.07, 6.45) is 2.22. The van der Waals surface area contributed by atoms with E-state index in [1.54, 1.807) is 0 Å². The van der Waals surface area contributed by atoms with Gasteiger partial charge < -0.3 is 15.4 Å². The fourth-order valence-corrected chi connectivity index (χ4v) is 3.12. The standard InChI is InChI=1S/C18H28BrN3O.HI/c1-4-14(8-15-6-5-7-16(19)9-15)10-21-17(20-3)22-11-18(2)12-23-13-18;/h5-7,9,14H,4,8,10-13H2,1-3H3,(H2,20,21,22);1H. The Bertz CT molecular complexity index is 535. The van der Waals surface area contributed by atoms with Crippen LogP contribution < -0.4 is 10.6 Å². The number of aliphatic imine (C=N–C) groups is 1. The molecule has 1 fully saturated rings. The van der Waals surface area contributed by atoms with Crippen molar-refractivity contribution in [1.29, 1.82) is 0 Å². The molecule has 1 atom stereocenters. The fraction of sp³-hybridized carbons (Fsp3) is 0.611. The van der Waals surface area contributed by atoms with Crippen LogP contribution in [0.5, 0.6) is 0 Å². The first-order valence-corrected chi connectivity index (χ1v) is 9.10. The third-order valence-electron chi connectivity index (χ3n) is 4.36. The number of halogens is 2. The number of ether oxygens (including phenoxy) is 1. The van der Waals surface area contributed by atoms with Crippen LogP contribution in [0.25, 0.3) is 0 Å². The molecule has 6 heteroatoms. The summed E-state index contributed by atoms with van der Waals surface area (Å²) in [5.41, 5.74) is 1.62. The molecular weight excluding hydrogens is 481 g/mol. The van der Waals surface area contributed by atoms with Crippen LogP contribution in [0.3, 0.4) is 0 Å². The lowest BCUT2D eigenvalue weighted by Crippen LogP contribution is -2.51. The van der Waals surface area contributed by atoms with Crippen molar-refractivity contribution >= 4 is 45.9 Å². The highest BCUT2D eigenvalue weighted by atomic mass is 127. The molecule has 0 bridgehead atoms. The van der Waals surface area contributed by atoms with Gasteiger partial charge in [0.15, 0.2) is 5.96 Å². The number of nitrogens with zero attached hydrogens (tertiary/aromatic N) is 1. The van der Waals surface area contributed by atoms with Crippen LogP contribution in [-0.4, -0.2) is 39.3 Å². The molecule has 1 aliphatic heterocycles. The molecule has 2 rings (SSSR count). The summed E-state index contributed by atoms with van der Waals surface area (Å²) in [7, 11) is 1.82. The lowest BCUT2D eigenvalue weighted by molar-refractivity contribution is -0.0971. The molecule has 0 aromatic heterocycles. The molecular formula is C18H29BrIN3O. The second-order valence-corrected chi connectivity index (χ2v) is 7.63. The SMILES string of the molecule is CCC(CNC(=NC)NCC1(C)COC1)Cc1cccc(Br)c1.I. The van der Waals surface area contributed by atoms with Gasteiger partial charge in [-0.1, -0.05) is 48.3 Å². The summed E-state index contributed by atoms with van der Waals surface area (Å²) in [6, 6.07) is 8.56. The van der Waals surface area contributed by atoms with Crippen molar-refractivity contribution < 1.29 is 4.74 Å². The van der Waals surface area contributed by atoms with Crippen LogP contribution >= 0.6 is 39.9 Å². The van der Waals surface area contributed by atoms with E-state index >= 15 is 0 Å². The van der Waals surface area contributed by atoms with Crippen LogP contribution in [0.2, 0.25) is 0 Å². The van der Waals surface area contributed by atoms with E-state index in [1.165, 1.54) is 5.56 Å². The molecule has 136 valence electrons. The number of guanidine groups is 1. The summed E-state index contributed by atoms with van der Waals surface area (Å²) in [4.78, 5) is 4.32. The molecule has 1 unspecified atom stereocenters. The van der Waals surface area contributed by atoms with E-state index in [9.17, 15) is 0 Å². The summed E-state index contributed by atoms with van der Waals surface area (Å²) in [5.74, 6) is 1.47. The summed E-state index contributed by atoms with van der Waals surface area (Å²) in [6.45, 7) is 7.96. The highest BCUT2D eigenvalue weighted by Gasteiger charge is 2.33. The van der Waals surface area contributed by atoms with Crippen LogP contribution in [0, 0.1) is 11.3 Å². The van der Waals surface area contributed by atoms with Crippen molar-refractivity contribution in [3.05, 3.63) is 34.3 Å². The van der Waals surface area contributed by atoms with Crippen molar-refractivity contribution in [3.63, 3.8) is 0 Å². The highest BCUT2D eigenvalue weighted by molar-refractivity contribution is 14.0. The molecule has 4 nitrogen and oxygen atoms in total. The predicted octanol–water partition coefficient (Wildman–Crippen LogP) is 3.84. The third kappa shape index (κ3) is 6.88. The minimum absolute atomic E-state index is 0. The van der Waals surface area contributed by atoms with Gasteiger partial charge in [-0.05, 0) is 30.0 Å². The average Bonchev–Trinajstić information content (AvgIpc) is 2.52. The zero-order valence-corrected chi connectivity index (χ0v) is 18.7. The summed E-state index contributed by atoms with van der Waals surface area (Å²) in [5, 5.41) is 6.88. The Balaban J connectivity index is 0.00000288. The molecule has 1 aromatic rings. The maximum atomic E-state index is 5.29. The first-order chi connectivity index (χ1) is 11.0. The summed E-state index contributed by atoms with van der Waals surface area (Å²) < 4.78 is 6.44. The van der Waals surface area contributed by atoms with E-state index in [0.717, 1.165) is 49.6 Å². The van der Waals surface area contributed by atoms with Gasteiger partial charge >= 0.3 is 0 Å². The molecule has 1 heterocycles. The Morgan fingerprint density at radius 2 is 2.12 bits per heavy atom. The van der Waals surface area contributed by atoms with E-state index in [2.05, 4.69) is 69.7 Å². The minimum atomic E-state index is 0. The monoisotopic (exact) mass is 509 g/mol. The van der Waals surface area contributed by atoms with Gasteiger partial charge in [-0.3, -0.25) is 4.99 Å². The molecule has 2 N–H and O–H groups in total. The molecule has 0 radical (unpaired) electrons. The van der Waals surface area contributed by atoms with Gasteiger partial charge in [0, 0.05) is 30.0 Å². The Labute approximate surface area is 171 Å². The first kappa shape index (κ1) is 21.7. The van der Waals surface area contributed by atoms with E-state index < -0.39 is 0 Å². The predicted molar refractivity (Wildman–Crippen MR) is 115 cm³/mol. The third-order valence-corrected chi connectivity index (χ3v) is 4.85. The normalized spacial score (nSPS) is 17.4. The fourth-order valence-electron chi connectivity index (χ4n) is 2.67. The number of hydrogen-bond donors (Lipinski definition) is 2. The Morgan fingerprint density at radius 1 is 1.38 bits per heavy atom. The molecule has 0 amide bonds. The molecule has 0 saturated carbocycles. The van der Waals surface area contributed by atoms with E-state index in [-0.39, 0.29) is 29.4 Å². The van der Waals surface area contributed by atoms with Crippen LogP contribution in [0.15, 0.2) is 33.7 Å². The summed E-state index contributed by atoms with van der Waals surface area (Å²) >= 11 is 3.54. The van der Waals surface area contributed by atoms with Gasteiger partial charge in [0.25, 0.3) is 0 Å². The Morgan fingerprint density at radius 3 is 2.67 bits per heavy atom. The molecule has 1 aliphatic rings. The molecule has 0 aliphatic carbocycles. The van der Waals surface area contributed by atoms with Crippen molar-refractivity contribution in [2.75, 3.05) is 33.4 Å². The Kier molecular flexibility index (Phi) is 9.59. The largest absolute Gasteiger partial charge is 0.380 e. The Hall–Kier alpha value is -0.340. The highest BCUT2D eigenvalue weighted by Crippen LogP contribution is 2.25. The molecule has 24 heavy (non-hydrogen) atoms. The van der Waals surface area contributed by atoms with Crippen LogP contribution in [0.4, 0.5) is 0 Å². The van der Waals surface area contributed by atoms with Crippen LogP contribution in [-0.2, 0) is 11.2 Å². The van der Waals surface area contributed by atoms with Gasteiger partial charge in [-0.25, -0.2) is 0 Å². The van der Waals surface area contributed by atoms with Crippen molar-refractivity contribution in [1.82, 2.24) is 10.6 Å². The van der Waals surface area contributed by atoms with E-state index in [1.807, 2.05) is 7.05 Å². The van der Waals surface area contributed by atoms with Crippen molar-refractivity contribution in [3.8, 4) is 0 Å². The zero-order chi connectivity index (χ0) is 16.7. The lowest BCUT2D eigenvalue weighted by Gasteiger charge is -2.38. The molecule has 1 saturated heterocycles. The van der Waals surface area contributed by atoms with Gasteiger partial charge in [-0.2, -0.15) is 0 Å². The van der Waals surface area contributed by atoms with E-state index in [4.69, 9.17) is 4.74 Å². The quantitative estimate of drug-likeness (QED) is 0.333.